The van der Waals surface area contributed by atoms with Crippen molar-refractivity contribution in [2.24, 2.45) is 0 Å². The molecule has 1 aliphatic heterocycles. The van der Waals surface area contributed by atoms with Crippen molar-refractivity contribution in [3.63, 3.8) is 0 Å². The zero-order valence-electron chi connectivity index (χ0n) is 9.05. The van der Waals surface area contributed by atoms with E-state index in [2.05, 4.69) is 28.7 Å². The smallest absolute Gasteiger partial charge is 0.0455 e. The molecule has 0 bridgehead atoms. The first-order valence-electron chi connectivity index (χ1n) is 5.20. The van der Waals surface area contributed by atoms with E-state index in [4.69, 9.17) is 0 Å². The number of hydrogen-bond acceptors (Lipinski definition) is 3. The molecule has 1 fully saturated rings. The van der Waals surface area contributed by atoms with E-state index in [9.17, 15) is 0 Å². The molecular weight excluding hydrogens is 174 g/mol. The third-order valence-corrected chi connectivity index (χ3v) is 2.65. The Bertz CT molecular complexity index is 201. The number of nitrogens with zero attached hydrogens (tertiary/aromatic N) is 1. The van der Waals surface area contributed by atoms with Gasteiger partial charge in [0.1, 0.15) is 0 Å². The van der Waals surface area contributed by atoms with Crippen molar-refractivity contribution in [2.75, 3.05) is 33.2 Å². The van der Waals surface area contributed by atoms with Gasteiger partial charge >= 0.3 is 0 Å². The number of nitrogens with one attached hydrogen (secondary N) is 2. The molecule has 1 saturated heterocycles. The molecule has 80 valence electrons. The van der Waals surface area contributed by atoms with Gasteiger partial charge in [-0.25, -0.2) is 0 Å². The molecule has 14 heavy (non-hydrogen) atoms. The zero-order chi connectivity index (χ0) is 10.4. The molecule has 1 heterocycles. The molecule has 0 aliphatic carbocycles. The summed E-state index contributed by atoms with van der Waals surface area (Å²) < 4.78 is 0. The van der Waals surface area contributed by atoms with Crippen molar-refractivity contribution in [1.29, 1.82) is 0 Å². The van der Waals surface area contributed by atoms with Gasteiger partial charge in [0.15, 0.2) is 0 Å². The lowest BCUT2D eigenvalue weighted by molar-refractivity contribution is 0.351. The largest absolute Gasteiger partial charge is 0.375 e. The van der Waals surface area contributed by atoms with Crippen molar-refractivity contribution in [1.82, 2.24) is 15.5 Å². The van der Waals surface area contributed by atoms with E-state index in [0.717, 1.165) is 32.6 Å². The van der Waals surface area contributed by atoms with Gasteiger partial charge in [-0.1, -0.05) is 18.7 Å². The third-order valence-electron chi connectivity index (χ3n) is 2.65. The topological polar surface area (TPSA) is 27.3 Å². The second-order valence-electron chi connectivity index (χ2n) is 3.70. The van der Waals surface area contributed by atoms with Crippen molar-refractivity contribution in [2.45, 2.75) is 12.5 Å². The molecule has 0 aromatic rings. The highest BCUT2D eigenvalue weighted by Crippen LogP contribution is 2.12. The third kappa shape index (κ3) is 3.16. The first kappa shape index (κ1) is 11.3. The maximum atomic E-state index is 4.06. The van der Waals surface area contributed by atoms with Gasteiger partial charge < -0.3 is 15.5 Å². The Morgan fingerprint density at radius 3 is 3.00 bits per heavy atom. The van der Waals surface area contributed by atoms with Gasteiger partial charge in [0.2, 0.25) is 0 Å². The molecule has 3 nitrogen and oxygen atoms in total. The van der Waals surface area contributed by atoms with Gasteiger partial charge in [0, 0.05) is 25.7 Å². The van der Waals surface area contributed by atoms with E-state index >= 15 is 0 Å². The molecular formula is C11H21N3. The Morgan fingerprint density at radius 2 is 2.50 bits per heavy atom. The Balaban J connectivity index is 2.31. The zero-order valence-corrected chi connectivity index (χ0v) is 9.05. The van der Waals surface area contributed by atoms with E-state index < -0.39 is 0 Å². The number of likely N-dealkylation sites (N-methyl/N-ethyl adjacent to an activating group) is 1. The van der Waals surface area contributed by atoms with Crippen LogP contribution in [0.1, 0.15) is 6.42 Å². The minimum absolute atomic E-state index is 0.449. The highest BCUT2D eigenvalue weighted by Gasteiger charge is 2.19. The molecule has 1 atom stereocenters. The van der Waals surface area contributed by atoms with Crippen molar-refractivity contribution in [3.8, 4) is 0 Å². The normalized spacial score (nSPS) is 21.2. The van der Waals surface area contributed by atoms with Crippen LogP contribution in [0.2, 0.25) is 0 Å². The Labute approximate surface area is 86.9 Å². The first-order valence-corrected chi connectivity index (χ1v) is 5.20. The second-order valence-corrected chi connectivity index (χ2v) is 3.70. The highest BCUT2D eigenvalue weighted by atomic mass is 15.1. The summed E-state index contributed by atoms with van der Waals surface area (Å²) in [6, 6.07) is 0.449. The van der Waals surface area contributed by atoms with E-state index in [-0.39, 0.29) is 0 Å². The van der Waals surface area contributed by atoms with E-state index in [1.165, 1.54) is 5.57 Å². The summed E-state index contributed by atoms with van der Waals surface area (Å²) in [6.07, 6.45) is 3.02. The van der Waals surface area contributed by atoms with E-state index in [1.54, 1.807) is 0 Å². The predicted molar refractivity (Wildman–Crippen MR) is 61.2 cm³/mol. The monoisotopic (exact) mass is 195 g/mol. The van der Waals surface area contributed by atoms with Crippen LogP contribution >= 0.6 is 0 Å². The van der Waals surface area contributed by atoms with Crippen molar-refractivity contribution in [3.05, 3.63) is 24.9 Å². The van der Waals surface area contributed by atoms with Crippen LogP contribution in [0.4, 0.5) is 0 Å². The van der Waals surface area contributed by atoms with Crippen LogP contribution in [-0.4, -0.2) is 44.2 Å². The number of rotatable bonds is 6. The molecule has 0 aromatic carbocycles. The van der Waals surface area contributed by atoms with Crippen LogP contribution in [0, 0.1) is 0 Å². The fourth-order valence-corrected chi connectivity index (χ4v) is 1.67. The molecule has 1 unspecified atom stereocenters. The van der Waals surface area contributed by atoms with Gasteiger partial charge in [-0.05, 0) is 26.2 Å². The van der Waals surface area contributed by atoms with Crippen LogP contribution in [0.15, 0.2) is 24.9 Å². The van der Waals surface area contributed by atoms with E-state index in [1.807, 2.05) is 13.2 Å². The molecule has 0 saturated carbocycles. The maximum absolute atomic E-state index is 4.06. The average Bonchev–Trinajstić information content (AvgIpc) is 2.59. The summed E-state index contributed by atoms with van der Waals surface area (Å²) in [4.78, 5) is 2.23. The number of hydrogen-bond donors (Lipinski definition) is 2. The SMILES string of the molecule is C=CN(CCNC)CC1NCCC1=C. The lowest BCUT2D eigenvalue weighted by Crippen LogP contribution is -2.38. The minimum Gasteiger partial charge on any atom is -0.375 e. The maximum Gasteiger partial charge on any atom is 0.0455 e. The fourth-order valence-electron chi connectivity index (χ4n) is 1.67. The molecule has 2 N–H and O–H groups in total. The molecule has 1 aliphatic rings. The average molecular weight is 195 g/mol. The molecule has 0 aromatic heterocycles. The fraction of sp³-hybridized carbons (Fsp3) is 0.636. The standard InChI is InChI=1S/C11H21N3/c1-4-14(8-7-12-3)9-11-10(2)5-6-13-11/h4,11-13H,1-2,5-9H2,3H3. The van der Waals surface area contributed by atoms with Crippen LogP contribution in [0.5, 0.6) is 0 Å². The van der Waals surface area contributed by atoms with Crippen LogP contribution in [-0.2, 0) is 0 Å². The van der Waals surface area contributed by atoms with Gasteiger partial charge in [0.05, 0.1) is 0 Å². The Kier molecular flexibility index (Phi) is 4.70. The quantitative estimate of drug-likeness (QED) is 0.607. The van der Waals surface area contributed by atoms with E-state index in [0.29, 0.717) is 6.04 Å². The minimum atomic E-state index is 0.449. The van der Waals surface area contributed by atoms with Crippen LogP contribution in [0.3, 0.4) is 0 Å². The van der Waals surface area contributed by atoms with Crippen molar-refractivity contribution < 1.29 is 0 Å². The molecule has 0 spiro atoms. The van der Waals surface area contributed by atoms with Gasteiger partial charge in [-0.3, -0.25) is 0 Å². The summed E-state index contributed by atoms with van der Waals surface area (Å²) in [5.41, 5.74) is 1.32. The van der Waals surface area contributed by atoms with Gasteiger partial charge in [0.25, 0.3) is 0 Å². The Morgan fingerprint density at radius 1 is 1.71 bits per heavy atom. The lowest BCUT2D eigenvalue weighted by atomic mass is 10.1. The summed E-state index contributed by atoms with van der Waals surface area (Å²) in [6.45, 7) is 11.9. The highest BCUT2D eigenvalue weighted by molar-refractivity contribution is 5.12. The second kappa shape index (κ2) is 5.83. The van der Waals surface area contributed by atoms with Crippen molar-refractivity contribution >= 4 is 0 Å². The first-order chi connectivity index (χ1) is 6.77. The van der Waals surface area contributed by atoms with Crippen LogP contribution in [0.25, 0.3) is 0 Å². The van der Waals surface area contributed by atoms with Crippen LogP contribution < -0.4 is 10.6 Å². The summed E-state index contributed by atoms with van der Waals surface area (Å²) in [7, 11) is 1.97. The van der Waals surface area contributed by atoms with Gasteiger partial charge in [-0.2, -0.15) is 0 Å². The molecule has 1 rings (SSSR count). The predicted octanol–water partition coefficient (Wildman–Crippen LogP) is 0.569. The summed E-state index contributed by atoms with van der Waals surface area (Å²) >= 11 is 0. The molecule has 3 heteroatoms. The molecule has 0 radical (unpaired) electrons. The molecule has 0 amide bonds. The Hall–Kier alpha value is -0.800. The summed E-state index contributed by atoms with van der Waals surface area (Å²) in [5.74, 6) is 0. The lowest BCUT2D eigenvalue weighted by Gasteiger charge is -2.24. The van der Waals surface area contributed by atoms with Gasteiger partial charge in [-0.15, -0.1) is 0 Å². The summed E-state index contributed by atoms with van der Waals surface area (Å²) in [5, 5.41) is 6.57.